The van der Waals surface area contributed by atoms with E-state index in [0.717, 1.165) is 31.5 Å². The maximum atomic E-state index is 12.1. The lowest BCUT2D eigenvalue weighted by atomic mass is 10.1. The molecule has 0 unspecified atom stereocenters. The van der Waals surface area contributed by atoms with Crippen molar-refractivity contribution in [1.29, 1.82) is 0 Å². The molecule has 1 amide bonds. The van der Waals surface area contributed by atoms with Crippen LogP contribution in [0.25, 0.3) is 6.08 Å². The standard InChI is InChI=1S/C17H23NO3/c1-20-13-14-21-16-9-11-18(12-10-16)17(19)8-7-15-5-3-2-4-6-15/h2-8,16H,9-14H2,1H3. The first-order chi connectivity index (χ1) is 10.3. The highest BCUT2D eigenvalue weighted by molar-refractivity contribution is 5.91. The van der Waals surface area contributed by atoms with E-state index in [1.54, 1.807) is 13.2 Å². The smallest absolute Gasteiger partial charge is 0.246 e. The van der Waals surface area contributed by atoms with Crippen LogP contribution in [0.1, 0.15) is 18.4 Å². The zero-order valence-electron chi connectivity index (χ0n) is 12.5. The number of carbonyl (C=O) groups is 1. The monoisotopic (exact) mass is 289 g/mol. The molecule has 21 heavy (non-hydrogen) atoms. The molecule has 0 spiro atoms. The Bertz CT molecular complexity index is 450. The molecule has 0 aliphatic carbocycles. The summed E-state index contributed by atoms with van der Waals surface area (Å²) in [5.41, 5.74) is 1.05. The molecule has 4 heteroatoms. The molecule has 0 bridgehead atoms. The van der Waals surface area contributed by atoms with Crippen LogP contribution in [-0.4, -0.2) is 50.3 Å². The average Bonchev–Trinajstić information content (AvgIpc) is 2.54. The van der Waals surface area contributed by atoms with E-state index in [4.69, 9.17) is 9.47 Å². The fourth-order valence-corrected chi connectivity index (χ4v) is 2.38. The lowest BCUT2D eigenvalue weighted by Gasteiger charge is -2.31. The highest BCUT2D eigenvalue weighted by Gasteiger charge is 2.21. The molecule has 4 nitrogen and oxygen atoms in total. The first-order valence-corrected chi connectivity index (χ1v) is 7.42. The molecule has 1 saturated heterocycles. The van der Waals surface area contributed by atoms with Crippen LogP contribution in [0.2, 0.25) is 0 Å². The van der Waals surface area contributed by atoms with E-state index in [-0.39, 0.29) is 12.0 Å². The molecule has 1 aromatic carbocycles. The van der Waals surface area contributed by atoms with Crippen LogP contribution < -0.4 is 0 Å². The molecule has 0 aromatic heterocycles. The number of benzene rings is 1. The van der Waals surface area contributed by atoms with Gasteiger partial charge in [-0.1, -0.05) is 30.3 Å². The molecule has 0 atom stereocenters. The fraction of sp³-hybridized carbons (Fsp3) is 0.471. The molecule has 1 aromatic rings. The summed E-state index contributed by atoms with van der Waals surface area (Å²) in [6.07, 6.45) is 5.57. The van der Waals surface area contributed by atoms with E-state index in [2.05, 4.69) is 0 Å². The van der Waals surface area contributed by atoms with Crippen LogP contribution in [-0.2, 0) is 14.3 Å². The van der Waals surface area contributed by atoms with E-state index >= 15 is 0 Å². The number of hydrogen-bond acceptors (Lipinski definition) is 3. The van der Waals surface area contributed by atoms with Crippen LogP contribution in [0.3, 0.4) is 0 Å². The molecule has 1 aliphatic rings. The van der Waals surface area contributed by atoms with Gasteiger partial charge < -0.3 is 14.4 Å². The Morgan fingerprint density at radius 3 is 2.62 bits per heavy atom. The summed E-state index contributed by atoms with van der Waals surface area (Å²) in [5.74, 6) is 0.0780. The van der Waals surface area contributed by atoms with Gasteiger partial charge in [0, 0.05) is 26.3 Å². The number of carbonyl (C=O) groups excluding carboxylic acids is 1. The lowest BCUT2D eigenvalue weighted by molar-refractivity contribution is -0.128. The number of hydrogen-bond donors (Lipinski definition) is 0. The zero-order chi connectivity index (χ0) is 14.9. The Morgan fingerprint density at radius 2 is 1.95 bits per heavy atom. The van der Waals surface area contributed by atoms with Gasteiger partial charge in [-0.15, -0.1) is 0 Å². The number of amides is 1. The number of rotatable bonds is 6. The van der Waals surface area contributed by atoms with Crippen molar-refractivity contribution in [2.75, 3.05) is 33.4 Å². The fourth-order valence-electron chi connectivity index (χ4n) is 2.38. The molecule has 0 N–H and O–H groups in total. The van der Waals surface area contributed by atoms with Gasteiger partial charge in [0.15, 0.2) is 0 Å². The molecule has 1 heterocycles. The Morgan fingerprint density at radius 1 is 1.24 bits per heavy atom. The summed E-state index contributed by atoms with van der Waals surface area (Å²) in [6.45, 7) is 2.77. The molecule has 1 aliphatic heterocycles. The van der Waals surface area contributed by atoms with E-state index in [9.17, 15) is 4.79 Å². The average molecular weight is 289 g/mol. The van der Waals surface area contributed by atoms with Gasteiger partial charge in [0.05, 0.1) is 19.3 Å². The molecule has 1 fully saturated rings. The van der Waals surface area contributed by atoms with Crippen molar-refractivity contribution < 1.29 is 14.3 Å². The topological polar surface area (TPSA) is 38.8 Å². The SMILES string of the molecule is COCCOC1CCN(C(=O)C=Cc2ccccc2)CC1. The van der Waals surface area contributed by atoms with Gasteiger partial charge in [-0.2, -0.15) is 0 Å². The predicted molar refractivity (Wildman–Crippen MR) is 82.9 cm³/mol. The maximum Gasteiger partial charge on any atom is 0.246 e. The number of methoxy groups -OCH3 is 1. The second-order valence-corrected chi connectivity index (χ2v) is 5.13. The van der Waals surface area contributed by atoms with Crippen molar-refractivity contribution in [3.05, 3.63) is 42.0 Å². The highest BCUT2D eigenvalue weighted by Crippen LogP contribution is 2.14. The maximum absolute atomic E-state index is 12.1. The van der Waals surface area contributed by atoms with Crippen LogP contribution in [0.15, 0.2) is 36.4 Å². The Labute approximate surface area is 126 Å². The summed E-state index contributed by atoms with van der Waals surface area (Å²) in [7, 11) is 1.67. The summed E-state index contributed by atoms with van der Waals surface area (Å²) in [4.78, 5) is 14.0. The van der Waals surface area contributed by atoms with E-state index in [1.807, 2.05) is 41.3 Å². The second kappa shape index (κ2) is 8.60. The third kappa shape index (κ3) is 5.33. The minimum Gasteiger partial charge on any atom is -0.382 e. The third-order valence-corrected chi connectivity index (χ3v) is 3.61. The largest absolute Gasteiger partial charge is 0.382 e. The minimum atomic E-state index is 0.0780. The van der Waals surface area contributed by atoms with Crippen LogP contribution in [0, 0.1) is 0 Å². The predicted octanol–water partition coefficient (Wildman–Crippen LogP) is 2.35. The molecule has 2 rings (SSSR count). The number of ether oxygens (including phenoxy) is 2. The van der Waals surface area contributed by atoms with Gasteiger partial charge in [-0.25, -0.2) is 0 Å². The van der Waals surface area contributed by atoms with Crippen LogP contribution in [0.5, 0.6) is 0 Å². The van der Waals surface area contributed by atoms with Crippen molar-refractivity contribution >= 4 is 12.0 Å². The third-order valence-electron chi connectivity index (χ3n) is 3.61. The Hall–Kier alpha value is -1.65. The van der Waals surface area contributed by atoms with Crippen LogP contribution in [0.4, 0.5) is 0 Å². The number of piperidine rings is 1. The van der Waals surface area contributed by atoms with Gasteiger partial charge >= 0.3 is 0 Å². The summed E-state index contributed by atoms with van der Waals surface area (Å²) in [5, 5.41) is 0. The van der Waals surface area contributed by atoms with Gasteiger partial charge in [0.1, 0.15) is 0 Å². The lowest BCUT2D eigenvalue weighted by Crippen LogP contribution is -2.40. The molecule has 0 saturated carbocycles. The number of nitrogens with zero attached hydrogens (tertiary/aromatic N) is 1. The Kier molecular flexibility index (Phi) is 6.44. The van der Waals surface area contributed by atoms with Crippen molar-refractivity contribution in [3.8, 4) is 0 Å². The summed E-state index contributed by atoms with van der Waals surface area (Å²) >= 11 is 0. The van der Waals surface area contributed by atoms with Crippen molar-refractivity contribution in [1.82, 2.24) is 4.90 Å². The quantitative estimate of drug-likeness (QED) is 0.596. The van der Waals surface area contributed by atoms with Gasteiger partial charge in [0.25, 0.3) is 0 Å². The van der Waals surface area contributed by atoms with E-state index in [1.165, 1.54) is 0 Å². The van der Waals surface area contributed by atoms with Gasteiger partial charge in [-0.3, -0.25) is 4.79 Å². The Balaban J connectivity index is 1.74. The normalized spacial score (nSPS) is 16.5. The van der Waals surface area contributed by atoms with E-state index < -0.39 is 0 Å². The van der Waals surface area contributed by atoms with Crippen molar-refractivity contribution in [2.24, 2.45) is 0 Å². The van der Waals surface area contributed by atoms with Gasteiger partial charge in [0.2, 0.25) is 5.91 Å². The zero-order valence-corrected chi connectivity index (χ0v) is 12.5. The van der Waals surface area contributed by atoms with Crippen molar-refractivity contribution in [3.63, 3.8) is 0 Å². The first-order valence-electron chi connectivity index (χ1n) is 7.42. The van der Waals surface area contributed by atoms with Crippen LogP contribution >= 0.6 is 0 Å². The first kappa shape index (κ1) is 15.7. The van der Waals surface area contributed by atoms with E-state index in [0.29, 0.717) is 13.2 Å². The minimum absolute atomic E-state index is 0.0780. The van der Waals surface area contributed by atoms with Crippen molar-refractivity contribution in [2.45, 2.75) is 18.9 Å². The molecular weight excluding hydrogens is 266 g/mol. The summed E-state index contributed by atoms with van der Waals surface area (Å²) < 4.78 is 10.7. The van der Waals surface area contributed by atoms with Gasteiger partial charge in [-0.05, 0) is 24.5 Å². The highest BCUT2D eigenvalue weighted by atomic mass is 16.5. The molecular formula is C17H23NO3. The second-order valence-electron chi connectivity index (χ2n) is 5.13. The number of likely N-dealkylation sites (tertiary alicyclic amines) is 1. The molecule has 0 radical (unpaired) electrons. The molecule has 114 valence electrons. The summed E-state index contributed by atoms with van der Waals surface area (Å²) in [6, 6.07) is 9.87.